The number of carbonyl (C=O) groups excluding carboxylic acids is 4. The molecule has 2 aliphatic heterocycles. The monoisotopic (exact) mass is 790 g/mol. The average molecular weight is 791 g/mol. The molecule has 2 saturated heterocycles. The highest BCUT2D eigenvalue weighted by molar-refractivity contribution is 5.87. The van der Waals surface area contributed by atoms with Gasteiger partial charge in [0.25, 0.3) is 0 Å². The summed E-state index contributed by atoms with van der Waals surface area (Å²) in [7, 11) is 2.59. The predicted octanol–water partition coefficient (Wildman–Crippen LogP) is 6.74. The second kappa shape index (κ2) is 18.9. The summed E-state index contributed by atoms with van der Waals surface area (Å²) in [6.07, 6.45) is 7.06. The van der Waals surface area contributed by atoms with Crippen molar-refractivity contribution in [3.8, 4) is 34.4 Å². The van der Waals surface area contributed by atoms with Crippen LogP contribution in [0.15, 0.2) is 60.9 Å². The number of hydrogen-bond donors (Lipinski definition) is 4. The molecule has 4 N–H and O–H groups in total. The number of imidazole rings is 2. The van der Waals surface area contributed by atoms with Crippen LogP contribution in [0.4, 0.5) is 9.59 Å². The number of nitrogens with one attached hydrogen (secondary N) is 4. The predicted molar refractivity (Wildman–Crippen MR) is 219 cm³/mol. The van der Waals surface area contributed by atoms with Gasteiger partial charge in [0.05, 0.1) is 50.1 Å². The van der Waals surface area contributed by atoms with Crippen molar-refractivity contribution in [1.29, 1.82) is 0 Å². The number of ether oxygens (including phenoxy) is 2. The van der Waals surface area contributed by atoms with Gasteiger partial charge in [-0.3, -0.25) is 9.59 Å². The third kappa shape index (κ3) is 9.36. The number of alkyl carbamates (subject to hydrolysis) is 2. The summed E-state index contributed by atoms with van der Waals surface area (Å²) < 4.78 is 9.58. The van der Waals surface area contributed by atoms with Gasteiger partial charge in [-0.15, -0.1) is 0 Å². The van der Waals surface area contributed by atoms with E-state index in [-0.39, 0.29) is 35.7 Å². The Balaban J connectivity index is 1.08. The molecular formula is C44H54N8O6. The van der Waals surface area contributed by atoms with Gasteiger partial charge in [0.2, 0.25) is 11.8 Å². The summed E-state index contributed by atoms with van der Waals surface area (Å²) in [5.41, 5.74) is 5.31. The molecule has 2 aliphatic rings. The molecule has 0 bridgehead atoms. The molecule has 4 amide bonds. The van der Waals surface area contributed by atoms with E-state index in [2.05, 4.69) is 42.4 Å². The van der Waals surface area contributed by atoms with Gasteiger partial charge in [-0.25, -0.2) is 19.6 Å². The zero-order valence-corrected chi connectivity index (χ0v) is 34.1. The maximum atomic E-state index is 13.7. The van der Waals surface area contributed by atoms with Gasteiger partial charge in [0.15, 0.2) is 0 Å². The maximum absolute atomic E-state index is 13.7. The van der Waals surface area contributed by atoms with Gasteiger partial charge in [0, 0.05) is 24.2 Å². The van der Waals surface area contributed by atoms with Crippen LogP contribution >= 0.6 is 0 Å². The minimum absolute atomic E-state index is 0.0557. The number of aromatic amines is 2. The molecule has 58 heavy (non-hydrogen) atoms. The van der Waals surface area contributed by atoms with Crippen molar-refractivity contribution in [2.24, 2.45) is 11.8 Å². The number of carbonyl (C=O) groups is 4. The largest absolute Gasteiger partial charge is 0.453 e. The quantitative estimate of drug-likeness (QED) is 0.114. The van der Waals surface area contributed by atoms with Crippen LogP contribution in [-0.4, -0.2) is 93.1 Å². The van der Waals surface area contributed by atoms with E-state index >= 15 is 0 Å². The second-order valence-electron chi connectivity index (χ2n) is 15.1. The topological polar surface area (TPSA) is 175 Å². The van der Waals surface area contributed by atoms with E-state index in [4.69, 9.17) is 9.47 Å². The van der Waals surface area contributed by atoms with E-state index in [1.165, 1.54) is 14.2 Å². The number of methoxy groups -OCH3 is 2. The molecule has 0 aliphatic carbocycles. The SMILES string of the molecule is CC[C@@H](C)[C@H](NC(=O)OC)C(=O)N1CCC[C@H]1c1ncc(-c2ccc(C#Cc3ccc(-c4cnc([C@@H]5CCCN5C(=O)[C@@H](NC(=O)OC)[C@H](C)CC)[nH]4)cc3)cc2)[nH]1. The third-order valence-electron chi connectivity index (χ3n) is 11.5. The van der Waals surface area contributed by atoms with Crippen LogP contribution in [0.5, 0.6) is 0 Å². The van der Waals surface area contributed by atoms with Gasteiger partial charge >= 0.3 is 12.2 Å². The average Bonchev–Trinajstić information content (AvgIpc) is 4.10. The van der Waals surface area contributed by atoms with E-state index in [0.29, 0.717) is 13.1 Å². The molecule has 4 aromatic rings. The number of likely N-dealkylation sites (tertiary alicyclic amines) is 2. The number of H-pyrrole nitrogens is 2. The second-order valence-corrected chi connectivity index (χ2v) is 15.1. The molecule has 0 saturated carbocycles. The van der Waals surface area contributed by atoms with Crippen molar-refractivity contribution in [3.05, 3.63) is 83.7 Å². The number of hydrogen-bond acceptors (Lipinski definition) is 8. The number of rotatable bonds is 12. The van der Waals surface area contributed by atoms with Gasteiger partial charge < -0.3 is 39.9 Å². The maximum Gasteiger partial charge on any atom is 0.407 e. The van der Waals surface area contributed by atoms with Crippen molar-refractivity contribution in [3.63, 3.8) is 0 Å². The first-order valence-electron chi connectivity index (χ1n) is 20.2. The van der Waals surface area contributed by atoms with Crippen LogP contribution in [0.1, 0.15) is 101 Å². The van der Waals surface area contributed by atoms with E-state index < -0.39 is 24.3 Å². The molecule has 4 heterocycles. The lowest BCUT2D eigenvalue weighted by Gasteiger charge is -2.30. The van der Waals surface area contributed by atoms with Crippen LogP contribution in [-0.2, 0) is 19.1 Å². The molecular weight excluding hydrogens is 737 g/mol. The molecule has 0 spiro atoms. The number of nitrogens with zero attached hydrogens (tertiary/aromatic N) is 4. The van der Waals surface area contributed by atoms with Crippen molar-refractivity contribution in [2.75, 3.05) is 27.3 Å². The molecule has 14 heteroatoms. The lowest BCUT2D eigenvalue weighted by atomic mass is 9.97. The number of aromatic nitrogens is 4. The Labute approximate surface area is 339 Å². The zero-order chi connectivity index (χ0) is 41.3. The van der Waals surface area contributed by atoms with Crippen molar-refractivity contribution in [2.45, 2.75) is 90.4 Å². The molecule has 6 rings (SSSR count). The normalized spacial score (nSPS) is 18.4. The van der Waals surface area contributed by atoms with E-state index in [0.717, 1.165) is 83.8 Å². The van der Waals surface area contributed by atoms with Crippen molar-refractivity contribution < 1.29 is 28.7 Å². The summed E-state index contributed by atoms with van der Waals surface area (Å²) in [4.78, 5) is 71.2. The van der Waals surface area contributed by atoms with Crippen LogP contribution in [0.2, 0.25) is 0 Å². The van der Waals surface area contributed by atoms with E-state index in [1.807, 2.05) is 86.0 Å². The first-order chi connectivity index (χ1) is 28.0. The Morgan fingerprint density at radius 2 is 1.07 bits per heavy atom. The van der Waals surface area contributed by atoms with Crippen LogP contribution < -0.4 is 10.6 Å². The van der Waals surface area contributed by atoms with Crippen LogP contribution in [0.25, 0.3) is 22.5 Å². The molecule has 306 valence electrons. The fraction of sp³-hybridized carbons (Fsp3) is 0.455. The molecule has 0 radical (unpaired) electrons. The Morgan fingerprint density at radius 1 is 0.690 bits per heavy atom. The first-order valence-corrected chi connectivity index (χ1v) is 20.2. The molecule has 2 aromatic heterocycles. The Kier molecular flexibility index (Phi) is 13.5. The molecule has 2 fully saturated rings. The smallest absolute Gasteiger partial charge is 0.407 e. The summed E-state index contributed by atoms with van der Waals surface area (Å²) >= 11 is 0. The van der Waals surface area contributed by atoms with Gasteiger partial charge in [-0.1, -0.05) is 76.6 Å². The Morgan fingerprint density at radius 3 is 1.41 bits per heavy atom. The fourth-order valence-electron chi connectivity index (χ4n) is 7.64. The van der Waals surface area contributed by atoms with Gasteiger partial charge in [-0.2, -0.15) is 0 Å². The zero-order valence-electron chi connectivity index (χ0n) is 34.1. The van der Waals surface area contributed by atoms with Gasteiger partial charge in [0.1, 0.15) is 23.7 Å². The summed E-state index contributed by atoms with van der Waals surface area (Å²) in [5, 5.41) is 5.48. The summed E-state index contributed by atoms with van der Waals surface area (Å²) in [5.74, 6) is 7.58. The third-order valence-corrected chi connectivity index (χ3v) is 11.5. The summed E-state index contributed by atoms with van der Waals surface area (Å²) in [6.45, 7) is 9.08. The lowest BCUT2D eigenvalue weighted by Crippen LogP contribution is -2.51. The highest BCUT2D eigenvalue weighted by atomic mass is 16.5. The van der Waals surface area contributed by atoms with E-state index in [1.54, 1.807) is 12.4 Å². The number of amides is 4. The molecule has 6 atom stereocenters. The first kappa shape index (κ1) is 41.5. The molecule has 2 aromatic carbocycles. The fourth-order valence-corrected chi connectivity index (χ4v) is 7.64. The van der Waals surface area contributed by atoms with Gasteiger partial charge in [-0.05, 0) is 72.9 Å². The molecule has 14 nitrogen and oxygen atoms in total. The number of benzene rings is 2. The van der Waals surface area contributed by atoms with Crippen LogP contribution in [0.3, 0.4) is 0 Å². The standard InChI is InChI=1S/C44H54N8O6/c1-7-27(3)37(49-43(55)57-5)41(53)51-23-9-11-35(51)39-45-25-33(47-39)31-19-15-29(16-20-31)13-14-30-17-21-32(22-18-30)34-26-46-40(48-34)36-12-10-24-52(36)42(54)38(28(4)8-2)50-44(56)58-6/h15-22,25-28,35-38H,7-12,23-24H2,1-6H3,(H,45,47)(H,46,48)(H,49,55)(H,50,56)/t27-,28-,35+,36+,37+,38+/m1/s1. The summed E-state index contributed by atoms with van der Waals surface area (Å²) in [6, 6.07) is 14.1. The highest BCUT2D eigenvalue weighted by Crippen LogP contribution is 2.34. The Bertz CT molecular complexity index is 1970. The van der Waals surface area contributed by atoms with Crippen molar-refractivity contribution in [1.82, 2.24) is 40.4 Å². The minimum atomic E-state index is -0.676. The lowest BCUT2D eigenvalue weighted by molar-refractivity contribution is -0.136. The highest BCUT2D eigenvalue weighted by Gasteiger charge is 2.39. The van der Waals surface area contributed by atoms with E-state index in [9.17, 15) is 19.2 Å². The Hall–Kier alpha value is -6.10. The molecule has 0 unspecified atom stereocenters. The van der Waals surface area contributed by atoms with Crippen LogP contribution in [0, 0.1) is 23.7 Å². The minimum Gasteiger partial charge on any atom is -0.453 e. The van der Waals surface area contributed by atoms with Crippen molar-refractivity contribution >= 4 is 24.0 Å².